The van der Waals surface area contributed by atoms with Crippen molar-refractivity contribution >= 4 is 57.8 Å². The van der Waals surface area contributed by atoms with Crippen LogP contribution in [0.1, 0.15) is 5.56 Å². The number of rotatable bonds is 1. The van der Waals surface area contributed by atoms with Crippen LogP contribution in [-0.2, 0) is 9.59 Å². The monoisotopic (exact) mass is 386 g/mol. The lowest BCUT2D eigenvalue weighted by Crippen LogP contribution is -2.52. The number of hydrogen-bond donors (Lipinski definition) is 0. The number of carbonyl (C=O) groups excluding carboxylic acids is 2. The molecular formula is C13H11IN2O2S. The van der Waals surface area contributed by atoms with E-state index in [4.69, 9.17) is 12.2 Å². The second kappa shape index (κ2) is 5.38. The van der Waals surface area contributed by atoms with Gasteiger partial charge in [0.1, 0.15) is 5.57 Å². The van der Waals surface area contributed by atoms with Crippen molar-refractivity contribution in [1.82, 2.24) is 9.80 Å². The summed E-state index contributed by atoms with van der Waals surface area (Å²) in [6, 6.07) is 7.57. The zero-order chi connectivity index (χ0) is 14.2. The first-order valence-corrected chi connectivity index (χ1v) is 6.98. The van der Waals surface area contributed by atoms with Gasteiger partial charge in [-0.2, -0.15) is 0 Å². The van der Waals surface area contributed by atoms with Gasteiger partial charge in [0, 0.05) is 17.7 Å². The molecule has 19 heavy (non-hydrogen) atoms. The third-order valence-electron chi connectivity index (χ3n) is 2.82. The highest BCUT2D eigenvalue weighted by Gasteiger charge is 2.35. The molecule has 1 aromatic rings. The molecule has 0 bridgehead atoms. The third-order valence-corrected chi connectivity index (χ3v) is 4.09. The van der Waals surface area contributed by atoms with Crippen molar-refractivity contribution in [2.24, 2.45) is 0 Å². The number of amides is 2. The van der Waals surface area contributed by atoms with Gasteiger partial charge in [-0.15, -0.1) is 0 Å². The number of hydrogen-bond acceptors (Lipinski definition) is 3. The minimum Gasteiger partial charge on any atom is -0.288 e. The zero-order valence-electron chi connectivity index (χ0n) is 10.4. The molecule has 98 valence electrons. The van der Waals surface area contributed by atoms with E-state index in [0.29, 0.717) is 0 Å². The van der Waals surface area contributed by atoms with Crippen LogP contribution in [0.4, 0.5) is 0 Å². The van der Waals surface area contributed by atoms with Crippen LogP contribution >= 0.6 is 34.8 Å². The predicted molar refractivity (Wildman–Crippen MR) is 85.3 cm³/mol. The number of nitrogens with zero attached hydrogens (tertiary/aromatic N) is 2. The zero-order valence-corrected chi connectivity index (χ0v) is 13.4. The molecular weight excluding hydrogens is 375 g/mol. The van der Waals surface area contributed by atoms with Crippen molar-refractivity contribution in [3.8, 4) is 0 Å². The van der Waals surface area contributed by atoms with Crippen molar-refractivity contribution in [3.05, 3.63) is 39.0 Å². The second-order valence-corrected chi connectivity index (χ2v) is 5.73. The van der Waals surface area contributed by atoms with E-state index in [1.807, 2.05) is 24.3 Å². The molecule has 1 aliphatic heterocycles. The van der Waals surface area contributed by atoms with Gasteiger partial charge < -0.3 is 0 Å². The van der Waals surface area contributed by atoms with Gasteiger partial charge in [-0.25, -0.2) is 0 Å². The number of carbonyl (C=O) groups is 2. The molecule has 1 heterocycles. The lowest BCUT2D eigenvalue weighted by molar-refractivity contribution is -0.132. The summed E-state index contributed by atoms with van der Waals surface area (Å²) < 4.78 is 1.09. The lowest BCUT2D eigenvalue weighted by Gasteiger charge is -2.31. The molecule has 6 heteroatoms. The quantitative estimate of drug-likeness (QED) is 0.320. The Morgan fingerprint density at radius 2 is 1.53 bits per heavy atom. The van der Waals surface area contributed by atoms with Gasteiger partial charge in [0.2, 0.25) is 0 Å². The normalized spacial score (nSPS) is 16.2. The van der Waals surface area contributed by atoms with Gasteiger partial charge >= 0.3 is 0 Å². The van der Waals surface area contributed by atoms with Crippen molar-refractivity contribution in [2.45, 2.75) is 0 Å². The number of benzene rings is 1. The average Bonchev–Trinajstić information content (AvgIpc) is 2.41. The van der Waals surface area contributed by atoms with E-state index in [1.165, 1.54) is 9.80 Å². The van der Waals surface area contributed by atoms with Crippen LogP contribution in [-0.4, -0.2) is 40.8 Å². The Kier molecular flexibility index (Phi) is 4.00. The molecule has 0 radical (unpaired) electrons. The van der Waals surface area contributed by atoms with E-state index in [-0.39, 0.29) is 22.5 Å². The van der Waals surface area contributed by atoms with Crippen LogP contribution in [0.25, 0.3) is 6.08 Å². The van der Waals surface area contributed by atoms with E-state index in [2.05, 4.69) is 22.6 Å². The first kappa shape index (κ1) is 14.1. The summed E-state index contributed by atoms with van der Waals surface area (Å²) >= 11 is 7.22. The smallest absolute Gasteiger partial charge is 0.265 e. The Morgan fingerprint density at radius 1 is 1.05 bits per heavy atom. The molecule has 0 aliphatic carbocycles. The highest BCUT2D eigenvalue weighted by molar-refractivity contribution is 14.1. The van der Waals surface area contributed by atoms with Crippen molar-refractivity contribution in [3.63, 3.8) is 0 Å². The fourth-order valence-corrected chi connectivity index (χ4v) is 2.23. The van der Waals surface area contributed by atoms with Gasteiger partial charge in [-0.05, 0) is 58.6 Å². The molecule has 0 N–H and O–H groups in total. The minimum atomic E-state index is -0.369. The molecule has 0 spiro atoms. The van der Waals surface area contributed by atoms with E-state index in [9.17, 15) is 9.59 Å². The largest absolute Gasteiger partial charge is 0.288 e. The second-order valence-electron chi connectivity index (χ2n) is 4.12. The Bertz CT molecular complexity index is 569. The molecule has 2 rings (SSSR count). The fourth-order valence-electron chi connectivity index (χ4n) is 1.70. The predicted octanol–water partition coefficient (Wildman–Crippen LogP) is 1.89. The van der Waals surface area contributed by atoms with Crippen LogP contribution < -0.4 is 0 Å². The maximum atomic E-state index is 12.1. The van der Waals surface area contributed by atoms with Crippen LogP contribution in [0.15, 0.2) is 29.8 Å². The standard InChI is InChI=1S/C13H11IN2O2S/c1-15-11(17)10(12(18)16(2)13(15)19)7-8-3-5-9(14)6-4-8/h3-7H,1-2H3. The summed E-state index contributed by atoms with van der Waals surface area (Å²) in [7, 11) is 3.13. The third kappa shape index (κ3) is 2.69. The Labute approximate surface area is 130 Å². The van der Waals surface area contributed by atoms with E-state index in [0.717, 1.165) is 9.13 Å². The van der Waals surface area contributed by atoms with Gasteiger partial charge in [0.25, 0.3) is 11.8 Å². The molecule has 2 amide bonds. The SMILES string of the molecule is CN1C(=O)C(=Cc2ccc(I)cc2)C(=O)N(C)C1=S. The van der Waals surface area contributed by atoms with Crippen molar-refractivity contribution in [2.75, 3.05) is 14.1 Å². The number of thiocarbonyl (C=S) groups is 1. The van der Waals surface area contributed by atoms with Gasteiger partial charge in [0.05, 0.1) is 0 Å². The molecule has 1 fully saturated rings. The highest BCUT2D eigenvalue weighted by Crippen LogP contribution is 2.18. The van der Waals surface area contributed by atoms with Crippen LogP contribution in [0.5, 0.6) is 0 Å². The summed E-state index contributed by atoms with van der Waals surface area (Å²) in [4.78, 5) is 26.8. The summed E-state index contributed by atoms with van der Waals surface area (Å²) in [5.74, 6) is -0.738. The summed E-state index contributed by atoms with van der Waals surface area (Å²) in [6.45, 7) is 0. The molecule has 1 aliphatic rings. The van der Waals surface area contributed by atoms with E-state index in [1.54, 1.807) is 20.2 Å². The first-order valence-electron chi connectivity index (χ1n) is 5.49. The molecule has 0 saturated carbocycles. The molecule has 4 nitrogen and oxygen atoms in total. The molecule has 1 aromatic carbocycles. The van der Waals surface area contributed by atoms with Gasteiger partial charge in [0.15, 0.2) is 5.11 Å². The van der Waals surface area contributed by atoms with E-state index >= 15 is 0 Å². The van der Waals surface area contributed by atoms with Crippen LogP contribution in [0, 0.1) is 3.57 Å². The fraction of sp³-hybridized carbons (Fsp3) is 0.154. The first-order chi connectivity index (χ1) is 8.91. The Hall–Kier alpha value is -1.28. The van der Waals surface area contributed by atoms with Crippen LogP contribution in [0.2, 0.25) is 0 Å². The van der Waals surface area contributed by atoms with Crippen LogP contribution in [0.3, 0.4) is 0 Å². The topological polar surface area (TPSA) is 40.6 Å². The average molecular weight is 386 g/mol. The van der Waals surface area contributed by atoms with Crippen molar-refractivity contribution < 1.29 is 9.59 Å². The maximum Gasteiger partial charge on any atom is 0.265 e. The van der Waals surface area contributed by atoms with E-state index < -0.39 is 0 Å². The maximum absolute atomic E-state index is 12.1. The Balaban J connectivity index is 2.42. The number of likely N-dealkylation sites (N-methyl/N-ethyl adjacent to an activating group) is 2. The molecule has 0 aromatic heterocycles. The summed E-state index contributed by atoms with van der Waals surface area (Å²) in [5, 5.41) is 0.217. The molecule has 1 saturated heterocycles. The van der Waals surface area contributed by atoms with Crippen molar-refractivity contribution in [1.29, 1.82) is 0 Å². The summed E-state index contributed by atoms with van der Waals surface area (Å²) in [6.07, 6.45) is 1.59. The molecule has 0 unspecified atom stereocenters. The Morgan fingerprint density at radius 3 is 2.00 bits per heavy atom. The molecule has 0 atom stereocenters. The number of halogens is 1. The van der Waals surface area contributed by atoms with Gasteiger partial charge in [-0.3, -0.25) is 19.4 Å². The van der Waals surface area contributed by atoms with Gasteiger partial charge in [-0.1, -0.05) is 12.1 Å². The lowest BCUT2D eigenvalue weighted by atomic mass is 10.1. The summed E-state index contributed by atoms with van der Waals surface area (Å²) in [5.41, 5.74) is 0.937. The highest BCUT2D eigenvalue weighted by atomic mass is 127. The minimum absolute atomic E-state index is 0.125.